The Morgan fingerprint density at radius 2 is 1.50 bits per heavy atom. The molecule has 1 aromatic rings. The van der Waals surface area contributed by atoms with Gasteiger partial charge in [-0.3, -0.25) is 14.4 Å². The van der Waals surface area contributed by atoms with Gasteiger partial charge in [0.15, 0.2) is 5.92 Å². The molecule has 1 aromatic carbocycles. The molecule has 1 aliphatic rings. The average molecular weight is 439 g/mol. The maximum atomic E-state index is 13.4. The Balaban J connectivity index is 2.96. The van der Waals surface area contributed by atoms with E-state index < -0.39 is 51.9 Å². The molecule has 160 valence electrons. The van der Waals surface area contributed by atoms with Crippen LogP contribution < -0.4 is 0 Å². The van der Waals surface area contributed by atoms with E-state index in [-0.39, 0.29) is 11.1 Å². The number of esters is 4. The third kappa shape index (κ3) is 3.68. The van der Waals surface area contributed by atoms with Crippen molar-refractivity contribution in [3.05, 3.63) is 41.0 Å². The van der Waals surface area contributed by atoms with Crippen molar-refractivity contribution >= 4 is 47.3 Å². The molecule has 0 amide bonds. The van der Waals surface area contributed by atoms with Gasteiger partial charge in [-0.2, -0.15) is 0 Å². The van der Waals surface area contributed by atoms with E-state index in [0.717, 1.165) is 28.4 Å². The first-order chi connectivity index (χ1) is 14.2. The van der Waals surface area contributed by atoms with Crippen LogP contribution in [0, 0.1) is 5.92 Å². The van der Waals surface area contributed by atoms with Crippen LogP contribution in [0.2, 0.25) is 0 Å². The lowest BCUT2D eigenvalue weighted by molar-refractivity contribution is -0.161. The van der Waals surface area contributed by atoms with Crippen LogP contribution in [0.25, 0.3) is 6.08 Å². The summed E-state index contributed by atoms with van der Waals surface area (Å²) in [7, 11) is 4.06. The summed E-state index contributed by atoms with van der Waals surface area (Å²) in [6, 6.07) is 6.12. The van der Waals surface area contributed by atoms with Crippen LogP contribution in [0.4, 0.5) is 0 Å². The third-order valence-electron chi connectivity index (χ3n) is 4.77. The third-order valence-corrected chi connectivity index (χ3v) is 5.33. The molecule has 0 aliphatic heterocycles. The largest absolute Gasteiger partial charge is 0.468 e. The summed E-state index contributed by atoms with van der Waals surface area (Å²) in [6.45, 7) is 0. The number of ether oxygens (including phenoxy) is 4. The number of ketones is 1. The van der Waals surface area contributed by atoms with Crippen molar-refractivity contribution in [2.45, 2.75) is 10.8 Å². The van der Waals surface area contributed by atoms with Gasteiger partial charge in [0.25, 0.3) is 0 Å². The van der Waals surface area contributed by atoms with Crippen molar-refractivity contribution in [3.8, 4) is 0 Å². The van der Waals surface area contributed by atoms with Crippen LogP contribution in [0.1, 0.15) is 17.0 Å². The Morgan fingerprint density at radius 3 is 2.00 bits per heavy atom. The van der Waals surface area contributed by atoms with E-state index in [0.29, 0.717) is 0 Å². The Hall–Kier alpha value is -3.20. The number of Topliss-reactive ketones (excluding diaryl/α,β-unsaturated/α-hetero) is 1. The quantitative estimate of drug-likeness (QED) is 0.218. The highest BCUT2D eigenvalue weighted by molar-refractivity contribution is 6.52. The average Bonchev–Trinajstić information content (AvgIpc) is 2.86. The fraction of sp³-hybridized carbons (Fsp3) is 0.350. The van der Waals surface area contributed by atoms with Gasteiger partial charge in [-0.1, -0.05) is 35.9 Å². The van der Waals surface area contributed by atoms with Crippen LogP contribution in [0.15, 0.2) is 29.8 Å². The summed E-state index contributed by atoms with van der Waals surface area (Å²) in [5.74, 6) is -9.14. The molecule has 0 unspecified atom stereocenters. The minimum Gasteiger partial charge on any atom is -0.468 e. The first-order valence-electron chi connectivity index (χ1n) is 8.55. The fourth-order valence-electron chi connectivity index (χ4n) is 3.36. The van der Waals surface area contributed by atoms with Crippen molar-refractivity contribution < 1.29 is 42.9 Å². The van der Waals surface area contributed by atoms with Crippen LogP contribution in [-0.4, -0.2) is 63.0 Å². The number of rotatable bonds is 5. The molecule has 0 bridgehead atoms. The molecule has 2 atom stereocenters. The van der Waals surface area contributed by atoms with Crippen molar-refractivity contribution in [3.63, 3.8) is 0 Å². The summed E-state index contributed by atoms with van der Waals surface area (Å²) in [4.78, 5) is 60.9. The maximum Gasteiger partial charge on any atom is 0.341 e. The number of fused-ring (bicyclic) bond motifs is 1. The molecule has 0 fully saturated rings. The molecule has 9 nitrogen and oxygen atoms in total. The highest BCUT2D eigenvalue weighted by Crippen LogP contribution is 2.47. The SMILES string of the molecule is COC(=O)C1=Cc2ccccc2[C@H](C(C(=O)OC)C(=O)OC)[C@](Cl)(C(=O)OC)C1=O. The van der Waals surface area contributed by atoms with Crippen molar-refractivity contribution in [1.29, 1.82) is 0 Å². The van der Waals surface area contributed by atoms with E-state index in [2.05, 4.69) is 4.74 Å². The van der Waals surface area contributed by atoms with E-state index in [1.165, 1.54) is 18.2 Å². The van der Waals surface area contributed by atoms with Crippen LogP contribution in [-0.2, 0) is 42.9 Å². The number of alkyl halides is 1. The number of methoxy groups -OCH3 is 4. The van der Waals surface area contributed by atoms with Crippen LogP contribution in [0.5, 0.6) is 0 Å². The molecule has 1 aliphatic carbocycles. The molecule has 0 spiro atoms. The highest BCUT2D eigenvalue weighted by atomic mass is 35.5. The zero-order valence-electron chi connectivity index (χ0n) is 16.6. The molecule has 0 saturated carbocycles. The molecule has 10 heteroatoms. The van der Waals surface area contributed by atoms with Crippen molar-refractivity contribution in [1.82, 2.24) is 0 Å². The second kappa shape index (κ2) is 9.08. The lowest BCUT2D eigenvalue weighted by atomic mass is 9.73. The second-order valence-electron chi connectivity index (χ2n) is 6.21. The van der Waals surface area contributed by atoms with Gasteiger partial charge in [-0.15, -0.1) is 0 Å². The standard InChI is InChI=1S/C20H19ClO9/c1-27-16(23)12-9-10-7-5-6-8-11(10)14(13(17(24)28-2)18(25)29-3)20(21,15(12)22)19(26)30-4/h5-9,13-14H,1-4H3/t14-,20-/m1/s1. The van der Waals surface area contributed by atoms with E-state index >= 15 is 0 Å². The molecule has 0 radical (unpaired) electrons. The first kappa shape index (κ1) is 23.1. The maximum absolute atomic E-state index is 13.4. The Labute approximate surface area is 176 Å². The Morgan fingerprint density at radius 1 is 0.933 bits per heavy atom. The molecule has 0 N–H and O–H groups in total. The summed E-state index contributed by atoms with van der Waals surface area (Å²) >= 11 is 6.58. The topological polar surface area (TPSA) is 122 Å². The van der Waals surface area contributed by atoms with E-state index in [4.69, 9.17) is 25.8 Å². The number of hydrogen-bond donors (Lipinski definition) is 0. The van der Waals surface area contributed by atoms with Crippen molar-refractivity contribution in [2.75, 3.05) is 28.4 Å². The molecule has 0 aromatic heterocycles. The number of halogens is 1. The molecular formula is C20H19ClO9. The number of hydrogen-bond acceptors (Lipinski definition) is 9. The first-order valence-corrected chi connectivity index (χ1v) is 8.93. The number of benzene rings is 1. The Bertz CT molecular complexity index is 920. The minimum atomic E-state index is -2.67. The lowest BCUT2D eigenvalue weighted by Crippen LogP contribution is -2.53. The van der Waals surface area contributed by atoms with Gasteiger partial charge in [-0.05, 0) is 17.2 Å². The molecule has 0 saturated heterocycles. The van der Waals surface area contributed by atoms with Crippen LogP contribution >= 0.6 is 11.6 Å². The van der Waals surface area contributed by atoms with Gasteiger partial charge in [0.2, 0.25) is 10.7 Å². The summed E-state index contributed by atoms with van der Waals surface area (Å²) in [5.41, 5.74) is -0.132. The zero-order chi connectivity index (χ0) is 22.6. The summed E-state index contributed by atoms with van der Waals surface area (Å²) < 4.78 is 18.8. The van der Waals surface area contributed by atoms with Gasteiger partial charge < -0.3 is 18.9 Å². The molecule has 0 heterocycles. The lowest BCUT2D eigenvalue weighted by Gasteiger charge is -2.34. The van der Waals surface area contributed by atoms with Gasteiger partial charge in [0, 0.05) is 5.92 Å². The number of carbonyl (C=O) groups excluding carboxylic acids is 5. The highest BCUT2D eigenvalue weighted by Gasteiger charge is 2.61. The van der Waals surface area contributed by atoms with E-state index in [1.807, 2.05) is 0 Å². The van der Waals surface area contributed by atoms with Gasteiger partial charge in [0.05, 0.1) is 28.4 Å². The van der Waals surface area contributed by atoms with Crippen molar-refractivity contribution in [2.24, 2.45) is 5.92 Å². The molecule has 2 rings (SSSR count). The monoisotopic (exact) mass is 438 g/mol. The minimum absolute atomic E-state index is 0.158. The van der Waals surface area contributed by atoms with Gasteiger partial charge in [0.1, 0.15) is 5.57 Å². The van der Waals surface area contributed by atoms with Crippen LogP contribution in [0.3, 0.4) is 0 Å². The fourth-order valence-corrected chi connectivity index (χ4v) is 3.78. The number of carbonyl (C=O) groups is 5. The zero-order valence-corrected chi connectivity index (χ0v) is 17.3. The second-order valence-corrected chi connectivity index (χ2v) is 6.81. The van der Waals surface area contributed by atoms with Gasteiger partial charge in [-0.25, -0.2) is 9.59 Å². The summed E-state index contributed by atoms with van der Waals surface area (Å²) in [5, 5.41) is 0. The normalized spacial score (nSPS) is 20.4. The van der Waals surface area contributed by atoms with E-state index in [9.17, 15) is 24.0 Å². The predicted molar refractivity (Wildman–Crippen MR) is 102 cm³/mol. The molecule has 30 heavy (non-hydrogen) atoms. The predicted octanol–water partition coefficient (Wildman–Crippen LogP) is 1.02. The van der Waals surface area contributed by atoms with Gasteiger partial charge >= 0.3 is 23.9 Å². The van der Waals surface area contributed by atoms with E-state index in [1.54, 1.807) is 12.1 Å². The molecular weight excluding hydrogens is 420 g/mol. The smallest absolute Gasteiger partial charge is 0.341 e. The Kier molecular flexibility index (Phi) is 6.99. The summed E-state index contributed by atoms with van der Waals surface area (Å²) in [6.07, 6.45) is 1.18.